The summed E-state index contributed by atoms with van der Waals surface area (Å²) in [6.07, 6.45) is 5.94. The maximum absolute atomic E-state index is 12.5. The van der Waals surface area contributed by atoms with Crippen LogP contribution in [-0.4, -0.2) is 53.2 Å². The Bertz CT molecular complexity index is 615. The van der Waals surface area contributed by atoms with Crippen molar-refractivity contribution in [3.63, 3.8) is 0 Å². The zero-order valence-electron chi connectivity index (χ0n) is 16.3. The number of nitrogens with zero attached hydrogens (tertiary/aromatic N) is 4. The molecule has 1 aliphatic rings. The van der Waals surface area contributed by atoms with Gasteiger partial charge in [0.1, 0.15) is 17.5 Å². The van der Waals surface area contributed by atoms with E-state index in [0.717, 1.165) is 43.7 Å². The van der Waals surface area contributed by atoms with Crippen LogP contribution in [-0.2, 0) is 9.59 Å². The Morgan fingerprint density at radius 2 is 2.11 bits per heavy atom. The van der Waals surface area contributed by atoms with Crippen LogP contribution in [0.5, 0.6) is 0 Å². The minimum absolute atomic E-state index is 0.0409. The van der Waals surface area contributed by atoms with Crippen LogP contribution >= 0.6 is 0 Å². The van der Waals surface area contributed by atoms with Crippen LogP contribution < -0.4 is 15.8 Å². The van der Waals surface area contributed by atoms with Crippen LogP contribution in [0, 0.1) is 5.92 Å². The van der Waals surface area contributed by atoms with Crippen molar-refractivity contribution in [2.75, 3.05) is 31.0 Å². The summed E-state index contributed by atoms with van der Waals surface area (Å²) < 4.78 is 0. The molecule has 1 aromatic heterocycles. The van der Waals surface area contributed by atoms with E-state index in [2.05, 4.69) is 27.7 Å². The van der Waals surface area contributed by atoms with Gasteiger partial charge in [-0.2, -0.15) is 0 Å². The summed E-state index contributed by atoms with van der Waals surface area (Å²) in [4.78, 5) is 34.1. The van der Waals surface area contributed by atoms with E-state index in [4.69, 9.17) is 0 Å². The molecule has 1 fully saturated rings. The molecule has 1 aromatic rings. The molecule has 0 bridgehead atoms. The number of unbranched alkanes of at least 4 members (excludes halogenated alkanes) is 2. The predicted molar refractivity (Wildman–Crippen MR) is 102 cm³/mol. The number of rotatable bonds is 12. The van der Waals surface area contributed by atoms with Crippen molar-refractivity contribution in [2.45, 2.75) is 51.4 Å². The zero-order valence-corrected chi connectivity index (χ0v) is 16.3. The summed E-state index contributed by atoms with van der Waals surface area (Å²) in [6.45, 7) is 2.04. The molecule has 0 spiro atoms. The first kappa shape index (κ1) is 20.9. The van der Waals surface area contributed by atoms with Gasteiger partial charge in [-0.3, -0.25) is 25.6 Å². The summed E-state index contributed by atoms with van der Waals surface area (Å²) in [5, 5.41) is 9.97. The average Bonchev–Trinajstić information content (AvgIpc) is 3.50. The molecule has 0 radical (unpaired) electrons. The Kier molecular flexibility index (Phi) is 7.78. The summed E-state index contributed by atoms with van der Waals surface area (Å²) in [6, 6.07) is 1.77. The van der Waals surface area contributed by atoms with Gasteiger partial charge >= 0.3 is 0 Å². The number of carbonyl (C=O) groups is 2. The fourth-order valence-electron chi connectivity index (χ4n) is 2.71. The number of hydroxylamine groups is 2. The summed E-state index contributed by atoms with van der Waals surface area (Å²) >= 11 is 0. The average molecular weight is 378 g/mol. The van der Waals surface area contributed by atoms with Crippen molar-refractivity contribution in [1.82, 2.24) is 20.5 Å². The lowest BCUT2D eigenvalue weighted by atomic mass is 10.0. The Hall–Kier alpha value is -2.42. The largest absolute Gasteiger partial charge is 0.363 e. The van der Waals surface area contributed by atoms with Crippen LogP contribution in [0.3, 0.4) is 0 Å². The smallest absolute Gasteiger partial charge is 0.243 e. The normalized spacial score (nSPS) is 14.4. The molecule has 27 heavy (non-hydrogen) atoms. The molecule has 1 heterocycles. The van der Waals surface area contributed by atoms with E-state index in [1.165, 1.54) is 0 Å². The number of hydrogen-bond donors (Lipinski definition) is 3. The van der Waals surface area contributed by atoms with Gasteiger partial charge in [-0.25, -0.2) is 15.0 Å². The van der Waals surface area contributed by atoms with Crippen LogP contribution in [0.1, 0.15) is 57.2 Å². The van der Waals surface area contributed by atoms with E-state index in [1.54, 1.807) is 6.07 Å². The lowest BCUT2D eigenvalue weighted by Crippen LogP contribution is -2.40. The molecule has 0 aliphatic heterocycles. The summed E-state index contributed by atoms with van der Waals surface area (Å²) in [5.74, 6) is 1.67. The molecule has 1 aliphatic carbocycles. The molecule has 9 nitrogen and oxygen atoms in total. The first-order valence-corrected chi connectivity index (χ1v) is 9.47. The third-order valence-electron chi connectivity index (χ3n) is 4.50. The fourth-order valence-corrected chi connectivity index (χ4v) is 2.71. The van der Waals surface area contributed by atoms with E-state index in [0.29, 0.717) is 29.6 Å². The highest BCUT2D eigenvalue weighted by Crippen LogP contribution is 2.39. The van der Waals surface area contributed by atoms with Gasteiger partial charge in [0, 0.05) is 26.1 Å². The topological polar surface area (TPSA) is 111 Å². The minimum Gasteiger partial charge on any atom is -0.363 e. The highest BCUT2D eigenvalue weighted by atomic mass is 16.5. The molecule has 2 rings (SSSR count). The molecule has 0 saturated heterocycles. The SMILES string of the molecule is CCCCC[C@H](CN(O)C=O)C(=O)NNc1cc(N(C)C)nc(C2CC2)n1. The molecule has 3 N–H and O–H groups in total. The van der Waals surface area contributed by atoms with Crippen molar-refractivity contribution in [3.05, 3.63) is 11.9 Å². The third kappa shape index (κ3) is 6.67. The number of carbonyl (C=O) groups excluding carboxylic acids is 2. The third-order valence-corrected chi connectivity index (χ3v) is 4.50. The van der Waals surface area contributed by atoms with E-state index in [-0.39, 0.29) is 12.5 Å². The van der Waals surface area contributed by atoms with Crippen LogP contribution in [0.15, 0.2) is 6.07 Å². The molecule has 1 saturated carbocycles. The van der Waals surface area contributed by atoms with Gasteiger partial charge < -0.3 is 4.90 Å². The van der Waals surface area contributed by atoms with E-state index >= 15 is 0 Å². The van der Waals surface area contributed by atoms with Crippen LogP contribution in [0.4, 0.5) is 11.6 Å². The van der Waals surface area contributed by atoms with Gasteiger partial charge in [-0.05, 0) is 19.3 Å². The van der Waals surface area contributed by atoms with Gasteiger partial charge in [0.05, 0.1) is 12.5 Å². The molecule has 0 unspecified atom stereocenters. The predicted octanol–water partition coefficient (Wildman–Crippen LogP) is 1.91. The molecule has 9 heteroatoms. The lowest BCUT2D eigenvalue weighted by Gasteiger charge is -2.20. The van der Waals surface area contributed by atoms with Crippen LogP contribution in [0.25, 0.3) is 0 Å². The highest BCUT2D eigenvalue weighted by Gasteiger charge is 2.28. The lowest BCUT2D eigenvalue weighted by molar-refractivity contribution is -0.154. The quantitative estimate of drug-likeness (QED) is 0.220. The number of hydrazine groups is 1. The van der Waals surface area contributed by atoms with Crippen molar-refractivity contribution >= 4 is 24.0 Å². The van der Waals surface area contributed by atoms with Crippen molar-refractivity contribution in [2.24, 2.45) is 5.92 Å². The Labute approximate surface area is 160 Å². The van der Waals surface area contributed by atoms with Crippen molar-refractivity contribution < 1.29 is 14.8 Å². The van der Waals surface area contributed by atoms with Crippen molar-refractivity contribution in [3.8, 4) is 0 Å². The summed E-state index contributed by atoms with van der Waals surface area (Å²) in [5.41, 5.74) is 5.52. The second kappa shape index (κ2) is 10.1. The Balaban J connectivity index is 2.01. The van der Waals surface area contributed by atoms with Gasteiger partial charge in [-0.1, -0.05) is 26.2 Å². The van der Waals surface area contributed by atoms with Gasteiger partial charge in [0.15, 0.2) is 0 Å². The highest BCUT2D eigenvalue weighted by molar-refractivity contribution is 5.80. The van der Waals surface area contributed by atoms with E-state index in [1.807, 2.05) is 19.0 Å². The standard InChI is InChI=1S/C18H30N6O3/c1-4-5-6-7-14(11-24(27)12-25)18(26)22-21-15-10-16(23(2)3)20-17(19-15)13-8-9-13/h10,12-14,27H,4-9,11H2,1-3H3,(H,22,26)(H,19,20,21)/t14-/m1/s1. The van der Waals surface area contributed by atoms with Gasteiger partial charge in [0.25, 0.3) is 0 Å². The number of hydrogen-bond acceptors (Lipinski definition) is 7. The van der Waals surface area contributed by atoms with Crippen LogP contribution in [0.2, 0.25) is 0 Å². The maximum atomic E-state index is 12.5. The van der Waals surface area contributed by atoms with E-state index in [9.17, 15) is 14.8 Å². The monoisotopic (exact) mass is 378 g/mol. The summed E-state index contributed by atoms with van der Waals surface area (Å²) in [7, 11) is 3.81. The first-order chi connectivity index (χ1) is 12.9. The second-order valence-corrected chi connectivity index (χ2v) is 7.17. The molecule has 0 aromatic carbocycles. The first-order valence-electron chi connectivity index (χ1n) is 9.47. The Morgan fingerprint density at radius 3 is 2.70 bits per heavy atom. The molecule has 2 amide bonds. The zero-order chi connectivity index (χ0) is 19.8. The number of amides is 2. The van der Waals surface area contributed by atoms with Crippen molar-refractivity contribution in [1.29, 1.82) is 0 Å². The minimum atomic E-state index is -0.502. The maximum Gasteiger partial charge on any atom is 0.243 e. The number of nitrogens with one attached hydrogen (secondary N) is 2. The van der Waals surface area contributed by atoms with E-state index < -0.39 is 5.92 Å². The number of anilines is 2. The number of aromatic nitrogens is 2. The molecule has 1 atom stereocenters. The molecular formula is C18H30N6O3. The fraction of sp³-hybridized carbons (Fsp3) is 0.667. The second-order valence-electron chi connectivity index (χ2n) is 7.17. The molecular weight excluding hydrogens is 348 g/mol. The van der Waals surface area contributed by atoms with Gasteiger partial charge in [0.2, 0.25) is 12.3 Å². The Morgan fingerprint density at radius 1 is 1.37 bits per heavy atom. The van der Waals surface area contributed by atoms with Gasteiger partial charge in [-0.15, -0.1) is 0 Å². The molecule has 150 valence electrons.